The quantitative estimate of drug-likeness (QED) is 0.852. The Kier molecular flexibility index (Phi) is 4.84. The Morgan fingerprint density at radius 1 is 1.22 bits per heavy atom. The number of nitrogens with zero attached hydrogens (tertiary/aromatic N) is 1. The van der Waals surface area contributed by atoms with Gasteiger partial charge in [-0.2, -0.15) is 0 Å². The van der Waals surface area contributed by atoms with Crippen molar-refractivity contribution in [2.45, 2.75) is 52.5 Å². The summed E-state index contributed by atoms with van der Waals surface area (Å²) in [6.45, 7) is 9.68. The highest BCUT2D eigenvalue weighted by atomic mass is 32.2. The summed E-state index contributed by atoms with van der Waals surface area (Å²) < 4.78 is 26.1. The van der Waals surface area contributed by atoms with Crippen LogP contribution >= 0.6 is 0 Å². The summed E-state index contributed by atoms with van der Waals surface area (Å²) in [5.74, 6) is 0.271. The number of hydrogen-bond donors (Lipinski definition) is 1. The first kappa shape index (κ1) is 15.9. The SMILES string of the molecule is CNC1(C)CCN(S(=O)(=O)CCC(C)(C)C)CC1. The average molecular weight is 276 g/mol. The van der Waals surface area contributed by atoms with Crippen LogP contribution in [0, 0.1) is 5.41 Å². The maximum Gasteiger partial charge on any atom is 0.214 e. The van der Waals surface area contributed by atoms with Gasteiger partial charge in [-0.25, -0.2) is 12.7 Å². The zero-order chi connectivity index (χ0) is 14.0. The number of nitrogens with one attached hydrogen (secondary N) is 1. The fourth-order valence-corrected chi connectivity index (χ4v) is 3.94. The molecule has 0 bridgehead atoms. The van der Waals surface area contributed by atoms with Gasteiger partial charge in [0.1, 0.15) is 0 Å². The van der Waals surface area contributed by atoms with E-state index in [0.29, 0.717) is 13.1 Å². The molecule has 108 valence electrons. The predicted molar refractivity (Wildman–Crippen MR) is 76.1 cm³/mol. The second-order valence-electron chi connectivity index (χ2n) is 6.84. The van der Waals surface area contributed by atoms with Gasteiger partial charge < -0.3 is 5.32 Å². The van der Waals surface area contributed by atoms with E-state index in [9.17, 15) is 8.42 Å². The molecule has 0 aromatic carbocycles. The minimum Gasteiger partial charge on any atom is -0.314 e. The number of piperidine rings is 1. The molecule has 0 aromatic heterocycles. The Balaban J connectivity index is 2.56. The molecule has 0 atom stereocenters. The number of rotatable bonds is 4. The second-order valence-corrected chi connectivity index (χ2v) is 8.92. The smallest absolute Gasteiger partial charge is 0.214 e. The zero-order valence-corrected chi connectivity index (χ0v) is 13.2. The van der Waals surface area contributed by atoms with Crippen molar-refractivity contribution in [3.63, 3.8) is 0 Å². The van der Waals surface area contributed by atoms with Crippen LogP contribution in [0.1, 0.15) is 47.0 Å². The van der Waals surface area contributed by atoms with Crippen LogP contribution in [0.5, 0.6) is 0 Å². The fourth-order valence-electron chi connectivity index (χ4n) is 2.07. The molecule has 0 radical (unpaired) electrons. The third kappa shape index (κ3) is 4.52. The van der Waals surface area contributed by atoms with Crippen LogP contribution in [0.4, 0.5) is 0 Å². The summed E-state index contributed by atoms with van der Waals surface area (Å²) in [6, 6.07) is 0. The molecule has 0 spiro atoms. The van der Waals surface area contributed by atoms with Gasteiger partial charge in [0.15, 0.2) is 0 Å². The zero-order valence-electron chi connectivity index (χ0n) is 12.4. The summed E-state index contributed by atoms with van der Waals surface area (Å²) in [5, 5.41) is 3.29. The Bertz CT molecular complexity index is 363. The van der Waals surface area contributed by atoms with Gasteiger partial charge in [-0.05, 0) is 38.6 Å². The lowest BCUT2D eigenvalue weighted by Gasteiger charge is -2.38. The van der Waals surface area contributed by atoms with Gasteiger partial charge in [0.25, 0.3) is 0 Å². The molecular formula is C13H28N2O2S. The normalized spacial score (nSPS) is 22.1. The molecule has 1 saturated heterocycles. The highest BCUT2D eigenvalue weighted by molar-refractivity contribution is 7.89. The Morgan fingerprint density at radius 3 is 2.11 bits per heavy atom. The van der Waals surface area contributed by atoms with Crippen LogP contribution in [-0.2, 0) is 10.0 Å². The van der Waals surface area contributed by atoms with Gasteiger partial charge in [0.05, 0.1) is 5.75 Å². The molecule has 18 heavy (non-hydrogen) atoms. The first-order valence-corrected chi connectivity index (χ1v) is 8.36. The van der Waals surface area contributed by atoms with E-state index in [1.165, 1.54) is 0 Å². The summed E-state index contributed by atoms with van der Waals surface area (Å²) in [5.41, 5.74) is 0.165. The lowest BCUT2D eigenvalue weighted by molar-refractivity contribution is 0.219. The van der Waals surface area contributed by atoms with Crippen molar-refractivity contribution in [1.82, 2.24) is 9.62 Å². The average Bonchev–Trinajstić information content (AvgIpc) is 2.26. The largest absolute Gasteiger partial charge is 0.314 e. The molecule has 5 heteroatoms. The third-order valence-corrected chi connectivity index (χ3v) is 5.80. The van der Waals surface area contributed by atoms with Crippen molar-refractivity contribution in [2.24, 2.45) is 5.41 Å². The van der Waals surface area contributed by atoms with Gasteiger partial charge in [-0.1, -0.05) is 20.8 Å². The maximum atomic E-state index is 12.2. The van der Waals surface area contributed by atoms with Gasteiger partial charge in [0, 0.05) is 18.6 Å². The summed E-state index contributed by atoms with van der Waals surface area (Å²) in [6.07, 6.45) is 2.49. The summed E-state index contributed by atoms with van der Waals surface area (Å²) in [4.78, 5) is 0. The molecule has 4 nitrogen and oxygen atoms in total. The molecule has 1 aliphatic heterocycles. The van der Waals surface area contributed by atoms with Crippen molar-refractivity contribution in [2.75, 3.05) is 25.9 Å². The van der Waals surface area contributed by atoms with E-state index in [0.717, 1.165) is 19.3 Å². The standard InChI is InChI=1S/C13H28N2O2S/c1-12(2,3)8-11-18(16,17)15-9-6-13(4,14-5)7-10-15/h14H,6-11H2,1-5H3. The van der Waals surface area contributed by atoms with Gasteiger partial charge in [-0.15, -0.1) is 0 Å². The van der Waals surface area contributed by atoms with E-state index < -0.39 is 10.0 Å². The van der Waals surface area contributed by atoms with Gasteiger partial charge >= 0.3 is 0 Å². The molecule has 0 amide bonds. The Morgan fingerprint density at radius 2 is 1.72 bits per heavy atom. The summed E-state index contributed by atoms with van der Waals surface area (Å²) in [7, 11) is -1.12. The van der Waals surface area contributed by atoms with E-state index in [4.69, 9.17) is 0 Å². The van der Waals surface area contributed by atoms with Crippen LogP contribution in [0.2, 0.25) is 0 Å². The van der Waals surface area contributed by atoms with Crippen molar-refractivity contribution < 1.29 is 8.42 Å². The van der Waals surface area contributed by atoms with E-state index in [1.54, 1.807) is 4.31 Å². The van der Waals surface area contributed by atoms with E-state index >= 15 is 0 Å². The van der Waals surface area contributed by atoms with Gasteiger partial charge in [0.2, 0.25) is 10.0 Å². The van der Waals surface area contributed by atoms with E-state index in [2.05, 4.69) is 33.0 Å². The first-order chi connectivity index (χ1) is 8.08. The third-order valence-electron chi connectivity index (χ3n) is 3.93. The van der Waals surface area contributed by atoms with Crippen molar-refractivity contribution in [3.05, 3.63) is 0 Å². The minimum atomic E-state index is -3.07. The lowest BCUT2D eigenvalue weighted by atomic mass is 9.91. The molecular weight excluding hydrogens is 248 g/mol. The van der Waals surface area contributed by atoms with Crippen molar-refractivity contribution in [3.8, 4) is 0 Å². The summed E-state index contributed by atoms with van der Waals surface area (Å²) >= 11 is 0. The van der Waals surface area contributed by atoms with Crippen LogP contribution < -0.4 is 5.32 Å². The Hall–Kier alpha value is -0.130. The number of hydrogen-bond acceptors (Lipinski definition) is 3. The second kappa shape index (κ2) is 5.47. The number of sulfonamides is 1. The predicted octanol–water partition coefficient (Wildman–Crippen LogP) is 1.83. The molecule has 0 unspecified atom stereocenters. The first-order valence-electron chi connectivity index (χ1n) is 6.75. The minimum absolute atomic E-state index is 0.0718. The molecule has 1 N–H and O–H groups in total. The van der Waals surface area contributed by atoms with Crippen LogP contribution in [0.15, 0.2) is 0 Å². The molecule has 1 aliphatic rings. The van der Waals surface area contributed by atoms with Crippen LogP contribution in [-0.4, -0.2) is 44.2 Å². The molecule has 0 aliphatic carbocycles. The van der Waals surface area contributed by atoms with Crippen molar-refractivity contribution >= 4 is 10.0 Å². The molecule has 1 heterocycles. The topological polar surface area (TPSA) is 49.4 Å². The monoisotopic (exact) mass is 276 g/mol. The Labute approximate surface area is 112 Å². The lowest BCUT2D eigenvalue weighted by Crippen LogP contribution is -2.51. The molecule has 1 rings (SSSR count). The van der Waals surface area contributed by atoms with E-state index in [1.807, 2.05) is 7.05 Å². The van der Waals surface area contributed by atoms with Crippen LogP contribution in [0.3, 0.4) is 0 Å². The van der Waals surface area contributed by atoms with Crippen LogP contribution in [0.25, 0.3) is 0 Å². The highest BCUT2D eigenvalue weighted by Gasteiger charge is 2.33. The maximum absolute atomic E-state index is 12.2. The van der Waals surface area contributed by atoms with E-state index in [-0.39, 0.29) is 16.7 Å². The molecule has 1 fully saturated rings. The fraction of sp³-hybridized carbons (Fsp3) is 1.00. The highest BCUT2D eigenvalue weighted by Crippen LogP contribution is 2.25. The molecule has 0 aromatic rings. The molecule has 0 saturated carbocycles. The van der Waals surface area contributed by atoms with Crippen molar-refractivity contribution in [1.29, 1.82) is 0 Å². The van der Waals surface area contributed by atoms with Gasteiger partial charge in [-0.3, -0.25) is 0 Å².